The van der Waals surface area contributed by atoms with Crippen LogP contribution >= 0.6 is 11.3 Å². The highest BCUT2D eigenvalue weighted by atomic mass is 32.1. The second-order valence-electron chi connectivity index (χ2n) is 4.20. The molecule has 0 atom stereocenters. The molecule has 0 aliphatic heterocycles. The van der Waals surface area contributed by atoms with Gasteiger partial charge in [0.15, 0.2) is 5.78 Å². The summed E-state index contributed by atoms with van der Waals surface area (Å²) in [4.78, 5) is 12.1. The molecule has 0 amide bonds. The summed E-state index contributed by atoms with van der Waals surface area (Å²) in [6.07, 6.45) is 0.359. The second kappa shape index (κ2) is 4.38. The van der Waals surface area contributed by atoms with E-state index in [1.165, 1.54) is 0 Å². The van der Waals surface area contributed by atoms with Gasteiger partial charge in [0.1, 0.15) is 0 Å². The first-order valence-corrected chi connectivity index (χ1v) is 6.66. The molecule has 0 aliphatic rings. The molecule has 1 aromatic carbocycles. The fourth-order valence-corrected chi connectivity index (χ4v) is 2.76. The summed E-state index contributed by atoms with van der Waals surface area (Å²) in [6, 6.07) is 9.84. The zero-order valence-corrected chi connectivity index (χ0v) is 10.8. The molecular formula is C14H12N2OS. The van der Waals surface area contributed by atoms with E-state index in [4.69, 9.17) is 0 Å². The summed E-state index contributed by atoms with van der Waals surface area (Å²) in [6.45, 7) is 0. The number of aryl methyl sites for hydroxylation is 1. The first-order chi connectivity index (χ1) is 8.75. The van der Waals surface area contributed by atoms with Gasteiger partial charge in [-0.25, -0.2) is 0 Å². The third kappa shape index (κ3) is 1.84. The summed E-state index contributed by atoms with van der Waals surface area (Å²) in [5.74, 6) is 0.125. The smallest absolute Gasteiger partial charge is 0.169 e. The fourth-order valence-electron chi connectivity index (χ4n) is 2.10. The lowest BCUT2D eigenvalue weighted by molar-refractivity contribution is 0.0992. The van der Waals surface area contributed by atoms with Crippen molar-refractivity contribution < 1.29 is 4.79 Å². The topological polar surface area (TPSA) is 34.9 Å². The Morgan fingerprint density at radius 1 is 1.33 bits per heavy atom. The quantitative estimate of drug-likeness (QED) is 0.675. The Morgan fingerprint density at radius 2 is 2.17 bits per heavy atom. The van der Waals surface area contributed by atoms with Crippen molar-refractivity contribution in [1.82, 2.24) is 9.78 Å². The Morgan fingerprint density at radius 3 is 2.94 bits per heavy atom. The average Bonchev–Trinajstić information content (AvgIpc) is 3.00. The third-order valence-electron chi connectivity index (χ3n) is 3.01. The zero-order chi connectivity index (χ0) is 12.5. The molecule has 0 N–H and O–H groups in total. The van der Waals surface area contributed by atoms with Crippen molar-refractivity contribution in [3.8, 4) is 0 Å². The van der Waals surface area contributed by atoms with E-state index in [0.717, 1.165) is 22.2 Å². The van der Waals surface area contributed by atoms with Gasteiger partial charge in [0.2, 0.25) is 0 Å². The standard InChI is InChI=1S/C14H12N2OS/c1-16-13-5-3-2-4-11(13)12(15-16)8-14(17)10-6-7-18-9-10/h2-7,9H,8H2,1H3. The van der Waals surface area contributed by atoms with Crippen LogP contribution in [0.3, 0.4) is 0 Å². The molecule has 0 fully saturated rings. The predicted octanol–water partition coefficient (Wildman–Crippen LogP) is 3.06. The van der Waals surface area contributed by atoms with E-state index >= 15 is 0 Å². The number of carbonyl (C=O) groups excluding carboxylic acids is 1. The number of thiophene rings is 1. The van der Waals surface area contributed by atoms with Crippen LogP contribution in [0, 0.1) is 0 Å². The Balaban J connectivity index is 1.98. The third-order valence-corrected chi connectivity index (χ3v) is 3.69. The first kappa shape index (κ1) is 11.2. The van der Waals surface area contributed by atoms with Crippen LogP contribution in [-0.2, 0) is 13.5 Å². The zero-order valence-electron chi connectivity index (χ0n) is 9.96. The van der Waals surface area contributed by atoms with Gasteiger partial charge < -0.3 is 0 Å². The summed E-state index contributed by atoms with van der Waals surface area (Å²) >= 11 is 1.54. The number of Topliss-reactive ketones (excluding diaryl/α,β-unsaturated/α-hetero) is 1. The van der Waals surface area contributed by atoms with Crippen molar-refractivity contribution in [1.29, 1.82) is 0 Å². The van der Waals surface area contributed by atoms with E-state index < -0.39 is 0 Å². The number of hydrogen-bond acceptors (Lipinski definition) is 3. The minimum absolute atomic E-state index is 0.125. The molecule has 2 aromatic heterocycles. The van der Waals surface area contributed by atoms with Gasteiger partial charge in [-0.15, -0.1) is 0 Å². The van der Waals surface area contributed by atoms with Gasteiger partial charge in [-0.3, -0.25) is 9.48 Å². The molecule has 2 heterocycles. The van der Waals surface area contributed by atoms with Gasteiger partial charge in [-0.1, -0.05) is 18.2 Å². The molecule has 18 heavy (non-hydrogen) atoms. The normalized spacial score (nSPS) is 10.9. The number of benzene rings is 1. The van der Waals surface area contributed by atoms with Crippen molar-refractivity contribution in [2.75, 3.05) is 0 Å². The van der Waals surface area contributed by atoms with Gasteiger partial charge >= 0.3 is 0 Å². The second-order valence-corrected chi connectivity index (χ2v) is 4.98. The van der Waals surface area contributed by atoms with Crippen LogP contribution in [0.4, 0.5) is 0 Å². The van der Waals surface area contributed by atoms with Crippen LogP contribution in [0.15, 0.2) is 41.1 Å². The van der Waals surface area contributed by atoms with Crippen LogP contribution in [0.25, 0.3) is 10.9 Å². The predicted molar refractivity (Wildman–Crippen MR) is 73.1 cm³/mol. The lowest BCUT2D eigenvalue weighted by Gasteiger charge is -1.95. The summed E-state index contributed by atoms with van der Waals surface area (Å²) in [5.41, 5.74) is 2.68. The summed E-state index contributed by atoms with van der Waals surface area (Å²) < 4.78 is 1.82. The highest BCUT2D eigenvalue weighted by Gasteiger charge is 2.13. The van der Waals surface area contributed by atoms with Gasteiger partial charge in [0.25, 0.3) is 0 Å². The van der Waals surface area contributed by atoms with Crippen molar-refractivity contribution in [3.63, 3.8) is 0 Å². The van der Waals surface area contributed by atoms with Crippen LogP contribution < -0.4 is 0 Å². The minimum atomic E-state index is 0.125. The first-order valence-electron chi connectivity index (χ1n) is 5.72. The Hall–Kier alpha value is -1.94. The maximum Gasteiger partial charge on any atom is 0.169 e. The number of fused-ring (bicyclic) bond motifs is 1. The highest BCUT2D eigenvalue weighted by molar-refractivity contribution is 7.08. The largest absolute Gasteiger partial charge is 0.294 e. The van der Waals surface area contributed by atoms with Gasteiger partial charge in [-0.2, -0.15) is 16.4 Å². The van der Waals surface area contributed by atoms with Gasteiger partial charge in [0, 0.05) is 23.4 Å². The van der Waals surface area contributed by atoms with Crippen molar-refractivity contribution in [3.05, 3.63) is 52.3 Å². The minimum Gasteiger partial charge on any atom is -0.294 e. The maximum absolute atomic E-state index is 12.1. The van der Waals surface area contributed by atoms with Crippen molar-refractivity contribution in [2.24, 2.45) is 7.05 Å². The molecular weight excluding hydrogens is 244 g/mol. The Labute approximate surface area is 109 Å². The van der Waals surface area contributed by atoms with Crippen LogP contribution in [0.1, 0.15) is 16.1 Å². The van der Waals surface area contributed by atoms with E-state index in [1.54, 1.807) is 11.3 Å². The van der Waals surface area contributed by atoms with Crippen LogP contribution in [-0.4, -0.2) is 15.6 Å². The number of ketones is 1. The number of aromatic nitrogens is 2. The number of rotatable bonds is 3. The molecule has 3 aromatic rings. The highest BCUT2D eigenvalue weighted by Crippen LogP contribution is 2.19. The van der Waals surface area contributed by atoms with E-state index in [1.807, 2.05) is 52.8 Å². The molecule has 0 saturated heterocycles. The molecule has 90 valence electrons. The van der Waals surface area contributed by atoms with E-state index in [9.17, 15) is 4.79 Å². The molecule has 0 bridgehead atoms. The number of nitrogens with zero attached hydrogens (tertiary/aromatic N) is 2. The van der Waals surface area contributed by atoms with Crippen molar-refractivity contribution in [2.45, 2.75) is 6.42 Å². The lowest BCUT2D eigenvalue weighted by Crippen LogP contribution is -2.03. The molecule has 0 spiro atoms. The van der Waals surface area contributed by atoms with E-state index in [0.29, 0.717) is 6.42 Å². The molecule has 0 radical (unpaired) electrons. The monoisotopic (exact) mass is 256 g/mol. The number of para-hydroxylation sites is 1. The van der Waals surface area contributed by atoms with E-state index in [-0.39, 0.29) is 5.78 Å². The summed E-state index contributed by atoms with van der Waals surface area (Å²) in [5, 5.41) is 9.30. The molecule has 3 nitrogen and oxygen atoms in total. The van der Waals surface area contributed by atoms with Crippen LogP contribution in [0.2, 0.25) is 0 Å². The molecule has 0 aliphatic carbocycles. The molecule has 3 rings (SSSR count). The fraction of sp³-hybridized carbons (Fsp3) is 0.143. The maximum atomic E-state index is 12.1. The van der Waals surface area contributed by atoms with E-state index in [2.05, 4.69) is 5.10 Å². The average molecular weight is 256 g/mol. The SMILES string of the molecule is Cn1nc(CC(=O)c2ccsc2)c2ccccc21. The number of carbonyl (C=O) groups is 1. The van der Waals surface area contributed by atoms with Crippen LogP contribution in [0.5, 0.6) is 0 Å². The lowest BCUT2D eigenvalue weighted by atomic mass is 10.1. The summed E-state index contributed by atoms with van der Waals surface area (Å²) in [7, 11) is 1.90. The molecule has 0 unspecified atom stereocenters. The molecule has 0 saturated carbocycles. The van der Waals surface area contributed by atoms with Gasteiger partial charge in [0.05, 0.1) is 17.6 Å². The molecule has 4 heteroatoms. The Bertz CT molecular complexity index is 698. The number of hydrogen-bond donors (Lipinski definition) is 0. The Kier molecular flexibility index (Phi) is 2.72. The van der Waals surface area contributed by atoms with Crippen molar-refractivity contribution >= 4 is 28.0 Å². The van der Waals surface area contributed by atoms with Gasteiger partial charge in [-0.05, 0) is 17.5 Å².